The van der Waals surface area contributed by atoms with Crippen LogP contribution in [0.2, 0.25) is 0 Å². The molecule has 1 aromatic rings. The monoisotopic (exact) mass is 249 g/mol. The molecule has 0 atom stereocenters. The Bertz CT molecular complexity index is 386. The third-order valence-corrected chi connectivity index (χ3v) is 3.49. The summed E-state index contributed by atoms with van der Waals surface area (Å²) in [6, 6.07) is 7.25. The van der Waals surface area contributed by atoms with Crippen molar-refractivity contribution in [2.24, 2.45) is 5.92 Å². The minimum atomic E-state index is -0.853. The van der Waals surface area contributed by atoms with Gasteiger partial charge in [-0.15, -0.1) is 0 Å². The van der Waals surface area contributed by atoms with Gasteiger partial charge in [-0.25, -0.2) is 4.79 Å². The van der Waals surface area contributed by atoms with Crippen LogP contribution in [-0.2, 0) is 0 Å². The second kappa shape index (κ2) is 7.04. The molecule has 0 spiro atoms. The average Bonchev–Trinajstić information content (AvgIpc) is 2.40. The second-order valence-corrected chi connectivity index (χ2v) is 4.54. The Hall–Kier alpha value is -1.51. The first-order valence-electron chi connectivity index (χ1n) is 6.71. The highest BCUT2D eigenvalue weighted by molar-refractivity contribution is 5.94. The molecule has 3 nitrogen and oxygen atoms in total. The normalized spacial score (nSPS) is 10.7. The predicted octanol–water partition coefficient (Wildman–Crippen LogP) is 3.65. The first-order chi connectivity index (χ1) is 8.63. The van der Waals surface area contributed by atoms with Crippen molar-refractivity contribution in [2.45, 2.75) is 33.6 Å². The second-order valence-electron chi connectivity index (χ2n) is 4.54. The van der Waals surface area contributed by atoms with Gasteiger partial charge in [0.1, 0.15) is 0 Å². The van der Waals surface area contributed by atoms with E-state index in [1.807, 2.05) is 12.1 Å². The van der Waals surface area contributed by atoms with Crippen molar-refractivity contribution < 1.29 is 9.90 Å². The standard InChI is InChI=1S/C15H23NO2/c1-4-12(5-2)11-16(6-3)14-10-8-7-9-13(14)15(17)18/h7-10,12H,4-6,11H2,1-3H3,(H,17,18). The minimum absolute atomic E-state index is 0.394. The van der Waals surface area contributed by atoms with E-state index < -0.39 is 5.97 Å². The lowest BCUT2D eigenvalue weighted by molar-refractivity contribution is 0.0697. The number of rotatable bonds is 7. The van der Waals surface area contributed by atoms with Gasteiger partial charge in [-0.3, -0.25) is 0 Å². The number of hydrogen-bond acceptors (Lipinski definition) is 2. The molecule has 1 rings (SSSR count). The number of aromatic carboxylic acids is 1. The highest BCUT2D eigenvalue weighted by Gasteiger charge is 2.16. The molecular weight excluding hydrogens is 226 g/mol. The maximum absolute atomic E-state index is 11.2. The van der Waals surface area contributed by atoms with Crippen molar-refractivity contribution >= 4 is 11.7 Å². The lowest BCUT2D eigenvalue weighted by Crippen LogP contribution is -2.30. The smallest absolute Gasteiger partial charge is 0.337 e. The lowest BCUT2D eigenvalue weighted by Gasteiger charge is -2.28. The van der Waals surface area contributed by atoms with Crippen molar-refractivity contribution in [2.75, 3.05) is 18.0 Å². The molecule has 18 heavy (non-hydrogen) atoms. The number of benzene rings is 1. The van der Waals surface area contributed by atoms with E-state index in [0.29, 0.717) is 11.5 Å². The summed E-state index contributed by atoms with van der Waals surface area (Å²) in [4.78, 5) is 13.4. The van der Waals surface area contributed by atoms with Gasteiger partial charge in [0.25, 0.3) is 0 Å². The van der Waals surface area contributed by atoms with E-state index in [2.05, 4.69) is 25.7 Å². The predicted molar refractivity (Wildman–Crippen MR) is 75.4 cm³/mol. The summed E-state index contributed by atoms with van der Waals surface area (Å²) in [6.07, 6.45) is 2.25. The molecule has 0 bridgehead atoms. The Morgan fingerprint density at radius 1 is 1.22 bits per heavy atom. The Labute approximate surface area is 109 Å². The van der Waals surface area contributed by atoms with Gasteiger partial charge < -0.3 is 10.0 Å². The van der Waals surface area contributed by atoms with Gasteiger partial charge in [-0.1, -0.05) is 38.8 Å². The summed E-state index contributed by atoms with van der Waals surface area (Å²) in [5.41, 5.74) is 1.23. The van der Waals surface area contributed by atoms with Crippen LogP contribution in [0, 0.1) is 5.92 Å². The van der Waals surface area contributed by atoms with Crippen molar-refractivity contribution in [3.63, 3.8) is 0 Å². The Kier molecular flexibility index (Phi) is 5.69. The number of para-hydroxylation sites is 1. The van der Waals surface area contributed by atoms with Gasteiger partial charge in [0.05, 0.1) is 11.3 Å². The number of carboxylic acids is 1. The number of anilines is 1. The van der Waals surface area contributed by atoms with E-state index >= 15 is 0 Å². The summed E-state index contributed by atoms with van der Waals surface area (Å²) >= 11 is 0. The fourth-order valence-corrected chi connectivity index (χ4v) is 2.19. The molecule has 0 unspecified atom stereocenters. The number of carbonyl (C=O) groups is 1. The molecule has 0 aliphatic rings. The molecule has 100 valence electrons. The van der Waals surface area contributed by atoms with Crippen molar-refractivity contribution in [1.29, 1.82) is 0 Å². The Balaban J connectivity index is 2.97. The molecule has 0 aliphatic carbocycles. The summed E-state index contributed by atoms with van der Waals surface area (Å²) in [7, 11) is 0. The number of carboxylic acid groups (broad SMARTS) is 1. The van der Waals surface area contributed by atoms with Crippen LogP contribution in [-0.4, -0.2) is 24.2 Å². The summed E-state index contributed by atoms with van der Waals surface area (Å²) in [6.45, 7) is 8.20. The third kappa shape index (κ3) is 3.49. The van der Waals surface area contributed by atoms with Gasteiger partial charge in [0, 0.05) is 13.1 Å². The zero-order valence-electron chi connectivity index (χ0n) is 11.5. The molecule has 0 aliphatic heterocycles. The topological polar surface area (TPSA) is 40.5 Å². The van der Waals surface area contributed by atoms with Gasteiger partial charge >= 0.3 is 5.97 Å². The molecular formula is C15H23NO2. The molecule has 0 amide bonds. The van der Waals surface area contributed by atoms with Crippen molar-refractivity contribution in [3.8, 4) is 0 Å². The largest absolute Gasteiger partial charge is 0.478 e. The molecule has 0 aromatic heterocycles. The van der Waals surface area contributed by atoms with Crippen LogP contribution in [0.1, 0.15) is 44.0 Å². The molecule has 0 fully saturated rings. The molecule has 0 heterocycles. The minimum Gasteiger partial charge on any atom is -0.478 e. The molecule has 0 saturated carbocycles. The Morgan fingerprint density at radius 2 is 1.83 bits per heavy atom. The highest BCUT2D eigenvalue weighted by Crippen LogP contribution is 2.22. The molecule has 0 radical (unpaired) electrons. The first kappa shape index (κ1) is 14.6. The van der Waals surface area contributed by atoms with Crippen LogP contribution < -0.4 is 4.90 Å². The summed E-state index contributed by atoms with van der Waals surface area (Å²) in [5, 5.41) is 9.23. The van der Waals surface area contributed by atoms with Gasteiger partial charge in [-0.05, 0) is 25.0 Å². The zero-order valence-corrected chi connectivity index (χ0v) is 11.5. The van der Waals surface area contributed by atoms with E-state index in [1.165, 1.54) is 0 Å². The van der Waals surface area contributed by atoms with E-state index in [4.69, 9.17) is 0 Å². The van der Waals surface area contributed by atoms with Crippen LogP contribution in [0.15, 0.2) is 24.3 Å². The van der Waals surface area contributed by atoms with E-state index in [0.717, 1.165) is 31.6 Å². The fourth-order valence-electron chi connectivity index (χ4n) is 2.19. The van der Waals surface area contributed by atoms with Crippen molar-refractivity contribution in [1.82, 2.24) is 0 Å². The average molecular weight is 249 g/mol. The maximum Gasteiger partial charge on any atom is 0.337 e. The van der Waals surface area contributed by atoms with Gasteiger partial charge in [-0.2, -0.15) is 0 Å². The maximum atomic E-state index is 11.2. The van der Waals surface area contributed by atoms with Crippen molar-refractivity contribution in [3.05, 3.63) is 29.8 Å². The quantitative estimate of drug-likeness (QED) is 0.802. The fraction of sp³-hybridized carbons (Fsp3) is 0.533. The summed E-state index contributed by atoms with van der Waals surface area (Å²) in [5.74, 6) is -0.236. The SMILES string of the molecule is CCC(CC)CN(CC)c1ccccc1C(=O)O. The molecule has 3 heteroatoms. The van der Waals surface area contributed by atoms with Crippen LogP contribution in [0.5, 0.6) is 0 Å². The zero-order chi connectivity index (χ0) is 13.5. The number of nitrogens with zero attached hydrogens (tertiary/aromatic N) is 1. The Morgan fingerprint density at radius 3 is 2.33 bits per heavy atom. The van der Waals surface area contributed by atoms with E-state index in [9.17, 15) is 9.90 Å². The molecule has 1 N–H and O–H groups in total. The van der Waals surface area contributed by atoms with Crippen LogP contribution in [0.25, 0.3) is 0 Å². The van der Waals surface area contributed by atoms with Crippen LogP contribution in [0.4, 0.5) is 5.69 Å². The molecule has 1 aromatic carbocycles. The van der Waals surface area contributed by atoms with Crippen LogP contribution in [0.3, 0.4) is 0 Å². The van der Waals surface area contributed by atoms with E-state index in [-0.39, 0.29) is 0 Å². The van der Waals surface area contributed by atoms with E-state index in [1.54, 1.807) is 12.1 Å². The van der Waals surface area contributed by atoms with Gasteiger partial charge in [0.15, 0.2) is 0 Å². The number of hydrogen-bond donors (Lipinski definition) is 1. The lowest BCUT2D eigenvalue weighted by atomic mass is 10.0. The third-order valence-electron chi connectivity index (χ3n) is 3.49. The first-order valence-corrected chi connectivity index (χ1v) is 6.71. The van der Waals surface area contributed by atoms with Gasteiger partial charge in [0.2, 0.25) is 0 Å². The summed E-state index contributed by atoms with van der Waals surface area (Å²) < 4.78 is 0. The van der Waals surface area contributed by atoms with Crippen LogP contribution >= 0.6 is 0 Å². The highest BCUT2D eigenvalue weighted by atomic mass is 16.4. The molecule has 0 saturated heterocycles.